The number of thioether (sulfide) groups is 2. The molecule has 6 aromatic rings. The first-order chi connectivity index (χ1) is 63.8. The monoisotopic (exact) mass is 2280 g/mol. The largest absolute Gasteiger partial charge is 1.00 e. The van der Waals surface area contributed by atoms with Crippen LogP contribution in [0.4, 0.5) is 0 Å². The van der Waals surface area contributed by atoms with Crippen molar-refractivity contribution in [3.63, 3.8) is 0 Å². The Bertz CT molecular complexity index is 5430. The molecule has 45 nitrogen and oxygen atoms in total. The van der Waals surface area contributed by atoms with Crippen molar-refractivity contribution in [2.45, 2.75) is 133 Å². The summed E-state index contributed by atoms with van der Waals surface area (Å²) in [7, 11) is -27.7. The van der Waals surface area contributed by atoms with Gasteiger partial charge in [0.25, 0.3) is 50.6 Å². The molecule has 2 atom stereocenters. The van der Waals surface area contributed by atoms with Crippen LogP contribution in [0.1, 0.15) is 125 Å². The molecule has 0 aliphatic carbocycles. The van der Waals surface area contributed by atoms with Gasteiger partial charge in [-0.2, -0.15) is 46.8 Å². The number of carboxylic acid groups (broad SMARTS) is 2. The van der Waals surface area contributed by atoms with Crippen molar-refractivity contribution in [3.8, 4) is 11.4 Å². The Balaban J connectivity index is -0.000000745. The smallest absolute Gasteiger partial charge is 0.748 e. The molecule has 0 radical (unpaired) electrons. The van der Waals surface area contributed by atoms with Crippen molar-refractivity contribution in [1.29, 1.82) is 5.41 Å². The van der Waals surface area contributed by atoms with Gasteiger partial charge in [-0.15, -0.1) is 17.5 Å². The summed E-state index contributed by atoms with van der Waals surface area (Å²) in [5.41, 5.74) is 36.3. The van der Waals surface area contributed by atoms with Crippen molar-refractivity contribution in [3.05, 3.63) is 188 Å². The van der Waals surface area contributed by atoms with Gasteiger partial charge in [0.2, 0.25) is 11.1 Å². The molecule has 8 rings (SSSR count). The Morgan fingerprint density at radius 2 is 0.950 bits per heavy atom. The molecule has 0 bridgehead atoms. The average molecular weight is 2280 g/mol. The number of carboxylic acids is 2. The van der Waals surface area contributed by atoms with Crippen LogP contribution >= 0.6 is 58.5 Å². The number of hydrogen-bond donors (Lipinski definition) is 16. The summed E-state index contributed by atoms with van der Waals surface area (Å²) in [6.45, 7) is 6.55. The number of phenols is 1. The molecule has 139 heavy (non-hydrogen) atoms. The maximum atomic E-state index is 11.6. The number of phenolic OH excluding ortho intramolecular Hbond substituents is 1. The summed E-state index contributed by atoms with van der Waals surface area (Å²) < 4.78 is 209. The molecule has 0 unspecified atom stereocenters. The van der Waals surface area contributed by atoms with Gasteiger partial charge in [-0.1, -0.05) is 163 Å². The van der Waals surface area contributed by atoms with E-state index in [2.05, 4.69) is 117 Å². The maximum absolute atomic E-state index is 11.6. The van der Waals surface area contributed by atoms with E-state index in [9.17, 15) is 92.3 Å². The fourth-order valence-corrected chi connectivity index (χ4v) is 17.1. The second-order valence-corrected chi connectivity index (χ2v) is 43.7. The zero-order valence-electron chi connectivity index (χ0n) is 77.2. The number of unbranched alkanes of at least 4 members (excludes halogenated alkanes) is 5. The second kappa shape index (κ2) is 79.4. The standard InChI is InChI=1S/C15H19NO2.C14H17NO2.C13H19NO5S.C12H17IN2O4S.C9H10N4O4S2.C6H15NO3S.C5H13NO3S.C4H10N2O3S2.C3H7N3O3S.ClH.2Na/c17-15(18)7-4-10-16-11-8-14(9-12-16)13-5-2-1-3-6-13;16-14(17)8-11-15-9-6-13(7-10-15)12-4-2-1-3-5-12;15-10-13(16)12(9-11-5-2-1-3-6-11)14-7-4-8-20(17,18)19;13-10-4-2-9(3-5-10)8-11(12(14)16)15-6-1-7-20(17,18)19;14-8-3-1-7(2-4-8)13-9(10-11-12-13)18-5-6-19(15,16)17;7-5-3-1-2-4-6-11(8,9)10;6-4-2-1-3-5-10(7,8)9;5-4(6)10-2-1-3-11(7,8)9;4-6-5-2-1-3-10(7,8)9;;;/h1-3,5-6,8H,4,7,9-12H2,(H,17,18);1-6H,7-11H2,(H,16,17);1-3,5-6,12,14-15H,4,7-10H2,(H,17,18,19);2-5,11,15H,1,6-8H2,(H2,14,16)(H,17,18,19);1-4,14H,5-6H2,(H,15,16,17);1-7H2,(H,8,9,10);1-6H2,(H,7,8,9);1-3H2,(H3,5,6)(H,7,8,9);1-3H2,(H,7,8,9);1H;;/q;;;;;;;;;;2*+1/p-2/t;;12-;11-;;;;;;;;/m..00......../s1. The van der Waals surface area contributed by atoms with E-state index in [4.69, 9.17) is 72.0 Å². The van der Waals surface area contributed by atoms with Crippen LogP contribution in [-0.4, -0.2) is 312 Å². The fraction of sp³-hybridized carbons (Fsp3) is 0.506. The molecule has 3 heterocycles. The van der Waals surface area contributed by atoms with Gasteiger partial charge < -0.3 is 63.1 Å². The van der Waals surface area contributed by atoms with Gasteiger partial charge in [-0.05, 0) is 225 Å². The number of aliphatic hydroxyl groups is 1. The number of azide groups is 1. The average Bonchev–Trinajstić information content (AvgIpc) is 1.70. The molecule has 0 saturated carbocycles. The number of tetrazole rings is 1. The summed E-state index contributed by atoms with van der Waals surface area (Å²) >= 11 is 4.35. The van der Waals surface area contributed by atoms with Crippen molar-refractivity contribution >= 4 is 169 Å². The number of nitrogens with zero attached hydrogens (tertiary/aromatic N) is 9. The number of primary amides is 1. The molecule has 1 amide bonds. The number of aromatic nitrogens is 4. The minimum atomic E-state index is -4.14. The van der Waals surface area contributed by atoms with Crippen LogP contribution in [-0.2, 0) is 103 Å². The third kappa shape index (κ3) is 85.1. The SMILES string of the molecule is Cl.N=C(N)SCCCS(=O)(=O)O.NC(=O)[C@H](Cc1ccc(I)cc1)NCCCS(=O)(=O)O.NCCCCCCS(=O)(=O)[O-].NCCCCCS(=O)(=O)O.O=C(CO)[C@H](Cc1ccccc1)NCCCS(=O)(=O)O.O=C(O)CCCN1CC=C(c2ccccc2)CC1.O=C(O)CCN1CC=C(c2ccccc2)CC1.O=S(=O)(O)CCSc1nnnn1-c1ccc(O)cc1.[N-]=[N+]=NCCCS(=O)(=O)[O-].[Na+].[Na+]. The normalized spacial score (nSPS) is 12.9. The number of hydrogen-bond acceptors (Lipinski definition) is 35. The first-order valence-corrected chi connectivity index (χ1v) is 56.3. The number of rotatable bonds is 50. The number of aliphatic hydroxyl groups excluding tert-OH is 1. The Morgan fingerprint density at radius 1 is 0.532 bits per heavy atom. The molecular formula is C81H126ClIN16Na2O29S9. The number of benzene rings is 5. The fourth-order valence-electron chi connectivity index (χ4n) is 11.2. The first kappa shape index (κ1) is 139. The number of carbonyl (C=O) groups excluding carboxylic acids is 2. The van der Waals surface area contributed by atoms with Crippen LogP contribution in [0.25, 0.3) is 27.3 Å². The molecule has 2 aliphatic rings. The number of amides is 1. The molecule has 2 aliphatic heterocycles. The van der Waals surface area contributed by atoms with Gasteiger partial charge in [0.1, 0.15) is 12.4 Å². The Morgan fingerprint density at radius 3 is 1.37 bits per heavy atom. The number of nitrogens with two attached hydrogens (primary N) is 4. The number of halogens is 2. The summed E-state index contributed by atoms with van der Waals surface area (Å²) in [5, 5.41) is 62.4. The number of ketones is 1. The van der Waals surface area contributed by atoms with Gasteiger partial charge in [0.05, 0.1) is 73.2 Å². The van der Waals surface area contributed by atoms with Gasteiger partial charge in [0, 0.05) is 77.2 Å². The van der Waals surface area contributed by atoms with E-state index in [1.165, 1.54) is 39.1 Å². The number of aliphatic carboxylic acids is 2. The zero-order chi connectivity index (χ0) is 103. The number of aromatic hydroxyl groups is 1. The molecule has 58 heteroatoms. The summed E-state index contributed by atoms with van der Waals surface area (Å²) in [6, 6.07) is 42.9. The predicted octanol–water partition coefficient (Wildman–Crippen LogP) is 0.427. The topological polar surface area (TPSA) is 786 Å². The van der Waals surface area contributed by atoms with E-state index < -0.39 is 113 Å². The molecule has 0 spiro atoms. The Labute approximate surface area is 886 Å². The van der Waals surface area contributed by atoms with Crippen LogP contribution in [0.5, 0.6) is 5.75 Å². The minimum absolute atomic E-state index is 0. The van der Waals surface area contributed by atoms with Crippen LogP contribution in [0.15, 0.2) is 162 Å². The summed E-state index contributed by atoms with van der Waals surface area (Å²) in [6.07, 6.45) is 14.6. The van der Waals surface area contributed by atoms with Gasteiger partial charge in [-0.3, -0.25) is 57.2 Å². The molecular weight excluding hydrogens is 2160 g/mol. The first-order valence-electron chi connectivity index (χ1n) is 42.0. The second-order valence-electron chi connectivity index (χ2n) is 29.3. The number of nitrogens with one attached hydrogen (secondary N) is 3. The minimum Gasteiger partial charge on any atom is -0.748 e. The van der Waals surface area contributed by atoms with E-state index in [1.54, 1.807) is 12.1 Å². The Kier molecular flexibility index (Phi) is 79.6. The molecule has 1 aromatic heterocycles. The summed E-state index contributed by atoms with van der Waals surface area (Å²) in [5.74, 6) is -3.75. The van der Waals surface area contributed by atoms with E-state index in [0.717, 1.165) is 122 Å². The van der Waals surface area contributed by atoms with E-state index >= 15 is 0 Å². The van der Waals surface area contributed by atoms with Crippen LogP contribution in [0, 0.1) is 8.98 Å². The number of carbonyl (C=O) groups is 4. The van der Waals surface area contributed by atoms with E-state index in [1.807, 2.05) is 78.9 Å². The number of amidine groups is 1. The quantitative estimate of drug-likeness (QED) is 0.00235. The molecule has 5 aromatic carbocycles. The van der Waals surface area contributed by atoms with E-state index in [-0.39, 0.29) is 180 Å². The van der Waals surface area contributed by atoms with Crippen LogP contribution in [0.2, 0.25) is 0 Å². The Hall–Kier alpha value is -5.88. The molecule has 0 fully saturated rings. The zero-order valence-corrected chi connectivity index (χ0v) is 91.5. The van der Waals surface area contributed by atoms with Crippen LogP contribution in [0.3, 0.4) is 0 Å². The van der Waals surface area contributed by atoms with Gasteiger partial charge in [0.15, 0.2) is 11.0 Å². The molecule has 20 N–H and O–H groups in total. The third-order valence-corrected chi connectivity index (χ3v) is 26.1. The van der Waals surface area contributed by atoms with Crippen molar-refractivity contribution < 1.29 is 190 Å². The van der Waals surface area contributed by atoms with Gasteiger partial charge >= 0.3 is 71.1 Å². The van der Waals surface area contributed by atoms with E-state index in [0.29, 0.717) is 68.3 Å². The van der Waals surface area contributed by atoms with Crippen molar-refractivity contribution in [1.82, 2.24) is 40.6 Å². The van der Waals surface area contributed by atoms with Crippen molar-refractivity contribution in [2.75, 3.05) is 130 Å². The maximum Gasteiger partial charge on any atom is 1.00 e. The predicted molar refractivity (Wildman–Crippen MR) is 535 cm³/mol. The molecule has 0 saturated heterocycles. The number of Topliss-reactive ketones (excluding diaryl/α,β-unsaturated/α-hetero) is 1. The van der Waals surface area contributed by atoms with Crippen LogP contribution < -0.4 is 92.7 Å². The van der Waals surface area contributed by atoms with Crippen molar-refractivity contribution in [2.24, 2.45) is 28.0 Å². The summed E-state index contributed by atoms with van der Waals surface area (Å²) in [4.78, 5) is 50.8. The third-order valence-electron chi connectivity index (χ3n) is 17.9. The molecule has 774 valence electrons. The van der Waals surface area contributed by atoms with Gasteiger partial charge in [-0.25, -0.2) is 16.8 Å².